The van der Waals surface area contributed by atoms with E-state index in [1.54, 1.807) is 6.07 Å². The van der Waals surface area contributed by atoms with Crippen LogP contribution in [0.25, 0.3) is 0 Å². The van der Waals surface area contributed by atoms with Gasteiger partial charge in [-0.3, -0.25) is 10.1 Å². The lowest BCUT2D eigenvalue weighted by molar-refractivity contribution is -0.385. The van der Waals surface area contributed by atoms with E-state index in [-0.39, 0.29) is 12.3 Å². The molecule has 0 unspecified atom stereocenters. The van der Waals surface area contributed by atoms with E-state index >= 15 is 0 Å². The van der Waals surface area contributed by atoms with Gasteiger partial charge in [0.2, 0.25) is 0 Å². The second kappa shape index (κ2) is 6.71. The van der Waals surface area contributed by atoms with E-state index in [9.17, 15) is 10.1 Å². The topological polar surface area (TPSA) is 87.6 Å². The fourth-order valence-corrected chi connectivity index (χ4v) is 1.92. The van der Waals surface area contributed by atoms with E-state index < -0.39 is 4.92 Å². The number of nitro groups is 1. The first-order valence-electron chi connectivity index (χ1n) is 6.37. The first-order chi connectivity index (χ1) is 10.1. The lowest BCUT2D eigenvalue weighted by Crippen LogP contribution is -2.03. The summed E-state index contributed by atoms with van der Waals surface area (Å²) in [6.45, 7) is 0.573. The van der Waals surface area contributed by atoms with Crippen LogP contribution in [-0.4, -0.2) is 12.0 Å². The van der Waals surface area contributed by atoms with Gasteiger partial charge in [0.15, 0.2) is 0 Å². The molecule has 2 rings (SSSR count). The molecule has 0 fully saturated rings. The van der Waals surface area contributed by atoms with Crippen molar-refractivity contribution < 1.29 is 14.4 Å². The van der Waals surface area contributed by atoms with E-state index in [0.29, 0.717) is 23.6 Å². The molecule has 0 spiro atoms. The Morgan fingerprint density at radius 3 is 2.67 bits per heavy atom. The van der Waals surface area contributed by atoms with E-state index in [2.05, 4.69) is 0 Å². The van der Waals surface area contributed by atoms with Gasteiger partial charge < -0.3 is 15.2 Å². The zero-order valence-corrected chi connectivity index (χ0v) is 11.6. The Bertz CT molecular complexity index is 643. The molecule has 2 aromatic rings. The molecule has 6 nitrogen and oxygen atoms in total. The highest BCUT2D eigenvalue weighted by Gasteiger charge is 2.11. The van der Waals surface area contributed by atoms with Gasteiger partial charge in [-0.1, -0.05) is 18.2 Å². The Balaban J connectivity index is 2.19. The zero-order chi connectivity index (χ0) is 15.2. The number of para-hydroxylation sites is 1. The van der Waals surface area contributed by atoms with Crippen molar-refractivity contribution in [1.29, 1.82) is 0 Å². The summed E-state index contributed by atoms with van der Waals surface area (Å²) in [5.74, 6) is 1.10. The minimum atomic E-state index is -0.458. The van der Waals surface area contributed by atoms with Crippen LogP contribution in [0.3, 0.4) is 0 Å². The number of hydrogen-bond donors (Lipinski definition) is 1. The van der Waals surface area contributed by atoms with E-state index in [4.69, 9.17) is 15.2 Å². The quantitative estimate of drug-likeness (QED) is 0.652. The Labute approximate surface area is 122 Å². The maximum absolute atomic E-state index is 10.9. The van der Waals surface area contributed by atoms with Crippen LogP contribution in [0.15, 0.2) is 42.5 Å². The van der Waals surface area contributed by atoms with Crippen molar-refractivity contribution in [2.24, 2.45) is 5.73 Å². The Kier molecular flexibility index (Phi) is 4.73. The molecule has 0 amide bonds. The summed E-state index contributed by atoms with van der Waals surface area (Å²) in [4.78, 5) is 10.4. The maximum Gasteiger partial charge on any atom is 0.273 e. The minimum absolute atomic E-state index is 0.0277. The van der Waals surface area contributed by atoms with Crippen molar-refractivity contribution in [3.8, 4) is 11.5 Å². The van der Waals surface area contributed by atoms with Gasteiger partial charge in [-0.2, -0.15) is 0 Å². The average molecular weight is 288 g/mol. The van der Waals surface area contributed by atoms with Crippen LogP contribution in [0.1, 0.15) is 11.1 Å². The molecule has 0 radical (unpaired) electrons. The third kappa shape index (κ3) is 3.70. The van der Waals surface area contributed by atoms with Gasteiger partial charge in [-0.15, -0.1) is 0 Å². The fraction of sp³-hybridized carbons (Fsp3) is 0.200. The molecule has 110 valence electrons. The molecule has 21 heavy (non-hydrogen) atoms. The Morgan fingerprint density at radius 1 is 1.24 bits per heavy atom. The van der Waals surface area contributed by atoms with Crippen molar-refractivity contribution in [1.82, 2.24) is 0 Å². The molecule has 0 aliphatic heterocycles. The van der Waals surface area contributed by atoms with Gasteiger partial charge in [0.25, 0.3) is 5.69 Å². The molecule has 2 aromatic carbocycles. The number of nitrogens with zero attached hydrogens (tertiary/aromatic N) is 1. The highest BCUT2D eigenvalue weighted by Crippen LogP contribution is 2.24. The molecular formula is C15H16N2O4. The third-order valence-electron chi connectivity index (χ3n) is 2.98. The third-order valence-corrected chi connectivity index (χ3v) is 2.98. The molecule has 6 heteroatoms. The number of nitrogens with two attached hydrogens (primary N) is 1. The molecule has 0 heterocycles. The number of ether oxygens (including phenoxy) is 2. The van der Waals surface area contributed by atoms with Crippen molar-refractivity contribution in [3.05, 3.63) is 63.7 Å². The Morgan fingerprint density at radius 2 is 2.00 bits per heavy atom. The molecule has 0 aliphatic rings. The number of hydrogen-bond acceptors (Lipinski definition) is 5. The summed E-state index contributed by atoms with van der Waals surface area (Å²) in [7, 11) is 1.47. The first-order valence-corrected chi connectivity index (χ1v) is 6.37. The maximum atomic E-state index is 10.9. The second-order valence-electron chi connectivity index (χ2n) is 4.40. The summed E-state index contributed by atoms with van der Waals surface area (Å²) in [6.07, 6.45) is 0. The smallest absolute Gasteiger partial charge is 0.273 e. The number of non-ortho nitro benzene ring substituents is 1. The number of rotatable bonds is 6. The number of benzene rings is 2. The van der Waals surface area contributed by atoms with Crippen LogP contribution >= 0.6 is 0 Å². The van der Waals surface area contributed by atoms with Gasteiger partial charge in [-0.25, -0.2) is 0 Å². The van der Waals surface area contributed by atoms with Crippen molar-refractivity contribution >= 4 is 5.69 Å². The predicted octanol–water partition coefficient (Wildman–Crippen LogP) is 2.64. The molecule has 0 aromatic heterocycles. The van der Waals surface area contributed by atoms with Crippen LogP contribution in [0.2, 0.25) is 0 Å². The van der Waals surface area contributed by atoms with E-state index in [1.165, 1.54) is 19.2 Å². The summed E-state index contributed by atoms with van der Waals surface area (Å²) in [5.41, 5.74) is 7.16. The summed E-state index contributed by atoms with van der Waals surface area (Å²) < 4.78 is 10.8. The normalized spacial score (nSPS) is 10.2. The van der Waals surface area contributed by atoms with Gasteiger partial charge in [0, 0.05) is 18.2 Å². The monoisotopic (exact) mass is 288 g/mol. The van der Waals surface area contributed by atoms with Gasteiger partial charge in [0.05, 0.1) is 18.1 Å². The highest BCUT2D eigenvalue weighted by atomic mass is 16.6. The van der Waals surface area contributed by atoms with Crippen LogP contribution in [0.4, 0.5) is 5.69 Å². The van der Waals surface area contributed by atoms with Gasteiger partial charge >= 0.3 is 0 Å². The summed E-state index contributed by atoms with van der Waals surface area (Å²) >= 11 is 0. The van der Waals surface area contributed by atoms with Crippen LogP contribution in [0.5, 0.6) is 11.5 Å². The molecule has 0 saturated carbocycles. The molecule has 0 saturated heterocycles. The summed E-state index contributed by atoms with van der Waals surface area (Å²) in [5, 5.41) is 10.9. The standard InChI is InChI=1S/C15H16N2O4/c1-20-14-7-11(6-13(8-14)17(18)19)10-21-15-5-3-2-4-12(15)9-16/h2-8H,9-10,16H2,1H3. The predicted molar refractivity (Wildman–Crippen MR) is 78.3 cm³/mol. The molecule has 0 bridgehead atoms. The highest BCUT2D eigenvalue weighted by molar-refractivity contribution is 5.43. The Hall–Kier alpha value is -2.60. The summed E-state index contributed by atoms with van der Waals surface area (Å²) in [6, 6.07) is 12.0. The van der Waals surface area contributed by atoms with Gasteiger partial charge in [-0.05, 0) is 17.7 Å². The first kappa shape index (κ1) is 14.8. The largest absolute Gasteiger partial charge is 0.496 e. The number of nitro benzene ring substituents is 1. The van der Waals surface area contributed by atoms with Crippen LogP contribution in [-0.2, 0) is 13.2 Å². The molecule has 0 aliphatic carbocycles. The van der Waals surface area contributed by atoms with Crippen molar-refractivity contribution in [3.63, 3.8) is 0 Å². The SMILES string of the molecule is COc1cc(COc2ccccc2CN)cc([N+](=O)[O-])c1. The van der Waals surface area contributed by atoms with Crippen LogP contribution < -0.4 is 15.2 Å². The number of methoxy groups -OCH3 is 1. The lowest BCUT2D eigenvalue weighted by atomic mass is 10.2. The average Bonchev–Trinajstić information content (AvgIpc) is 2.52. The minimum Gasteiger partial charge on any atom is -0.496 e. The van der Waals surface area contributed by atoms with Crippen LogP contribution in [0, 0.1) is 10.1 Å². The van der Waals surface area contributed by atoms with Crippen molar-refractivity contribution in [2.75, 3.05) is 7.11 Å². The second-order valence-corrected chi connectivity index (χ2v) is 4.40. The molecule has 2 N–H and O–H groups in total. The molecular weight excluding hydrogens is 272 g/mol. The fourth-order valence-electron chi connectivity index (χ4n) is 1.92. The van der Waals surface area contributed by atoms with E-state index in [0.717, 1.165) is 5.56 Å². The zero-order valence-electron chi connectivity index (χ0n) is 11.6. The van der Waals surface area contributed by atoms with Crippen molar-refractivity contribution in [2.45, 2.75) is 13.2 Å². The van der Waals surface area contributed by atoms with Gasteiger partial charge in [0.1, 0.15) is 18.1 Å². The lowest BCUT2D eigenvalue weighted by Gasteiger charge is -2.11. The van der Waals surface area contributed by atoms with E-state index in [1.807, 2.05) is 24.3 Å². The molecule has 0 atom stereocenters.